The molecule has 118 valence electrons. The van der Waals surface area contributed by atoms with Crippen LogP contribution in [-0.4, -0.2) is 54.0 Å². The van der Waals surface area contributed by atoms with E-state index < -0.39 is 24.0 Å². The van der Waals surface area contributed by atoms with Crippen molar-refractivity contribution in [3.8, 4) is 0 Å². The lowest BCUT2D eigenvalue weighted by Crippen LogP contribution is -2.55. The second kappa shape index (κ2) is 7.87. The van der Waals surface area contributed by atoms with Crippen LogP contribution in [0, 0.1) is 5.92 Å². The SMILES string of the molecule is CC(C)[C@H](NC(=O)[C@@H](N)CC=O)C(=O)N1CCC[C@H]1C=O. The van der Waals surface area contributed by atoms with Gasteiger partial charge >= 0.3 is 0 Å². The van der Waals surface area contributed by atoms with Crippen molar-refractivity contribution >= 4 is 24.4 Å². The minimum absolute atomic E-state index is 0.0917. The number of hydrogen-bond acceptors (Lipinski definition) is 5. The van der Waals surface area contributed by atoms with E-state index in [2.05, 4.69) is 5.32 Å². The summed E-state index contributed by atoms with van der Waals surface area (Å²) in [5.41, 5.74) is 5.56. The van der Waals surface area contributed by atoms with E-state index in [1.807, 2.05) is 0 Å². The summed E-state index contributed by atoms with van der Waals surface area (Å²) in [6.45, 7) is 4.13. The van der Waals surface area contributed by atoms with Crippen LogP contribution in [-0.2, 0) is 19.2 Å². The van der Waals surface area contributed by atoms with Crippen molar-refractivity contribution in [3.63, 3.8) is 0 Å². The van der Waals surface area contributed by atoms with Crippen LogP contribution < -0.4 is 11.1 Å². The van der Waals surface area contributed by atoms with E-state index in [9.17, 15) is 19.2 Å². The fourth-order valence-electron chi connectivity index (χ4n) is 2.37. The molecule has 3 atom stereocenters. The van der Waals surface area contributed by atoms with Crippen molar-refractivity contribution in [1.82, 2.24) is 10.2 Å². The maximum atomic E-state index is 12.5. The Labute approximate surface area is 124 Å². The Morgan fingerprint density at radius 1 is 1.38 bits per heavy atom. The highest BCUT2D eigenvalue weighted by Crippen LogP contribution is 2.18. The lowest BCUT2D eigenvalue weighted by Gasteiger charge is -2.29. The quantitative estimate of drug-likeness (QED) is 0.600. The second-order valence-corrected chi connectivity index (χ2v) is 5.62. The van der Waals surface area contributed by atoms with Gasteiger partial charge in [-0.2, -0.15) is 0 Å². The minimum Gasteiger partial charge on any atom is -0.343 e. The molecule has 1 heterocycles. The van der Waals surface area contributed by atoms with Crippen LogP contribution in [0.4, 0.5) is 0 Å². The molecule has 1 aliphatic heterocycles. The van der Waals surface area contributed by atoms with Crippen LogP contribution in [0.1, 0.15) is 33.1 Å². The summed E-state index contributed by atoms with van der Waals surface area (Å²) >= 11 is 0. The van der Waals surface area contributed by atoms with E-state index in [4.69, 9.17) is 5.73 Å². The molecule has 1 rings (SSSR count). The molecule has 0 spiro atoms. The standard InChI is InChI=1S/C14H23N3O4/c1-9(2)12(16-13(20)11(15)5-7-18)14(21)17-6-3-4-10(17)8-19/h7-12H,3-6,15H2,1-2H3,(H,16,20)/t10-,11-,12-/m0/s1. The van der Waals surface area contributed by atoms with Gasteiger partial charge in [0.15, 0.2) is 0 Å². The zero-order valence-electron chi connectivity index (χ0n) is 12.5. The molecule has 0 bridgehead atoms. The molecule has 0 unspecified atom stereocenters. The average molecular weight is 297 g/mol. The van der Waals surface area contributed by atoms with Gasteiger partial charge in [-0.15, -0.1) is 0 Å². The second-order valence-electron chi connectivity index (χ2n) is 5.62. The van der Waals surface area contributed by atoms with Crippen LogP contribution in [0.5, 0.6) is 0 Å². The van der Waals surface area contributed by atoms with Crippen molar-refractivity contribution in [2.24, 2.45) is 11.7 Å². The largest absolute Gasteiger partial charge is 0.343 e. The van der Waals surface area contributed by atoms with Gasteiger partial charge in [0.05, 0.1) is 12.1 Å². The molecule has 1 aliphatic rings. The third-order valence-corrected chi connectivity index (χ3v) is 3.66. The Morgan fingerprint density at radius 3 is 2.57 bits per heavy atom. The third-order valence-electron chi connectivity index (χ3n) is 3.66. The summed E-state index contributed by atoms with van der Waals surface area (Å²) in [5, 5.41) is 2.59. The van der Waals surface area contributed by atoms with Gasteiger partial charge in [0, 0.05) is 13.0 Å². The summed E-state index contributed by atoms with van der Waals surface area (Å²) in [6.07, 6.45) is 2.67. The van der Waals surface area contributed by atoms with Crippen molar-refractivity contribution in [2.45, 2.75) is 51.2 Å². The van der Waals surface area contributed by atoms with Gasteiger partial charge in [-0.3, -0.25) is 9.59 Å². The number of amides is 2. The molecule has 21 heavy (non-hydrogen) atoms. The van der Waals surface area contributed by atoms with Crippen LogP contribution in [0.15, 0.2) is 0 Å². The summed E-state index contributed by atoms with van der Waals surface area (Å²) in [7, 11) is 0. The first-order valence-electron chi connectivity index (χ1n) is 7.17. The Kier molecular flexibility index (Phi) is 6.48. The third kappa shape index (κ3) is 4.35. The molecule has 0 aliphatic carbocycles. The van der Waals surface area contributed by atoms with E-state index in [0.717, 1.165) is 12.7 Å². The number of nitrogens with one attached hydrogen (secondary N) is 1. The van der Waals surface area contributed by atoms with Crippen molar-refractivity contribution < 1.29 is 19.2 Å². The molecule has 1 fully saturated rings. The Bertz CT molecular complexity index is 411. The Balaban J connectivity index is 2.77. The zero-order chi connectivity index (χ0) is 16.0. The van der Waals surface area contributed by atoms with E-state index in [-0.39, 0.29) is 18.2 Å². The number of nitrogens with zero attached hydrogens (tertiary/aromatic N) is 1. The van der Waals surface area contributed by atoms with Crippen LogP contribution in [0.3, 0.4) is 0 Å². The van der Waals surface area contributed by atoms with Gasteiger partial charge in [0.1, 0.15) is 18.6 Å². The number of likely N-dealkylation sites (tertiary alicyclic amines) is 1. The van der Waals surface area contributed by atoms with Gasteiger partial charge < -0.3 is 25.5 Å². The zero-order valence-corrected chi connectivity index (χ0v) is 12.5. The first-order chi connectivity index (χ1) is 9.92. The summed E-state index contributed by atoms with van der Waals surface area (Å²) in [6, 6.07) is -2.12. The van der Waals surface area contributed by atoms with Gasteiger partial charge in [-0.25, -0.2) is 0 Å². The fourth-order valence-corrected chi connectivity index (χ4v) is 2.37. The molecule has 0 radical (unpaired) electrons. The van der Waals surface area contributed by atoms with Crippen LogP contribution >= 0.6 is 0 Å². The molecular weight excluding hydrogens is 274 g/mol. The average Bonchev–Trinajstić information content (AvgIpc) is 2.92. The summed E-state index contributed by atoms with van der Waals surface area (Å²) in [5.74, 6) is -0.944. The van der Waals surface area contributed by atoms with Crippen LogP contribution in [0.25, 0.3) is 0 Å². The molecule has 0 saturated carbocycles. The van der Waals surface area contributed by atoms with Gasteiger partial charge in [-0.1, -0.05) is 13.8 Å². The maximum absolute atomic E-state index is 12.5. The molecule has 7 heteroatoms. The van der Waals surface area contributed by atoms with Gasteiger partial charge in [0.2, 0.25) is 11.8 Å². The number of nitrogens with two attached hydrogens (primary N) is 1. The topological polar surface area (TPSA) is 110 Å². The molecule has 7 nitrogen and oxygen atoms in total. The number of aldehydes is 2. The van der Waals surface area contributed by atoms with E-state index in [1.54, 1.807) is 13.8 Å². The van der Waals surface area contributed by atoms with Gasteiger partial charge in [0.25, 0.3) is 0 Å². The predicted molar refractivity (Wildman–Crippen MR) is 76.2 cm³/mol. The Hall–Kier alpha value is -1.76. The number of rotatable bonds is 7. The van der Waals surface area contributed by atoms with Gasteiger partial charge in [-0.05, 0) is 18.8 Å². The first kappa shape index (κ1) is 17.3. The molecule has 0 aromatic carbocycles. The number of carbonyl (C=O) groups is 4. The molecular formula is C14H23N3O4. The predicted octanol–water partition coefficient (Wildman–Crippen LogP) is -0.767. The monoisotopic (exact) mass is 297 g/mol. The van der Waals surface area contributed by atoms with Crippen molar-refractivity contribution in [2.75, 3.05) is 6.54 Å². The van der Waals surface area contributed by atoms with E-state index in [1.165, 1.54) is 4.90 Å². The highest BCUT2D eigenvalue weighted by Gasteiger charge is 2.35. The summed E-state index contributed by atoms with van der Waals surface area (Å²) < 4.78 is 0. The Morgan fingerprint density at radius 2 is 2.05 bits per heavy atom. The maximum Gasteiger partial charge on any atom is 0.246 e. The molecule has 0 aromatic heterocycles. The molecule has 2 amide bonds. The highest BCUT2D eigenvalue weighted by molar-refractivity contribution is 5.91. The lowest BCUT2D eigenvalue weighted by atomic mass is 10.0. The normalized spacial score (nSPS) is 21.0. The smallest absolute Gasteiger partial charge is 0.246 e. The lowest BCUT2D eigenvalue weighted by molar-refractivity contribution is -0.140. The molecule has 3 N–H and O–H groups in total. The minimum atomic E-state index is -0.961. The van der Waals surface area contributed by atoms with E-state index in [0.29, 0.717) is 19.3 Å². The van der Waals surface area contributed by atoms with E-state index >= 15 is 0 Å². The first-order valence-corrected chi connectivity index (χ1v) is 7.17. The van der Waals surface area contributed by atoms with Crippen LogP contribution in [0.2, 0.25) is 0 Å². The molecule has 0 aromatic rings. The highest BCUT2D eigenvalue weighted by atomic mass is 16.2. The number of hydrogen-bond donors (Lipinski definition) is 2. The molecule has 1 saturated heterocycles. The van der Waals surface area contributed by atoms with Crippen molar-refractivity contribution in [1.29, 1.82) is 0 Å². The number of carbonyl (C=O) groups excluding carboxylic acids is 4. The van der Waals surface area contributed by atoms with Crippen molar-refractivity contribution in [3.05, 3.63) is 0 Å². The fraction of sp³-hybridized carbons (Fsp3) is 0.714. The summed E-state index contributed by atoms with van der Waals surface area (Å²) in [4.78, 5) is 47.3.